The van der Waals surface area contributed by atoms with E-state index in [1.165, 1.54) is 4.68 Å². The molecule has 142 valence electrons. The number of benzene rings is 1. The van der Waals surface area contributed by atoms with E-state index in [4.69, 9.17) is 21.2 Å². The molecule has 0 amide bonds. The Labute approximate surface area is 160 Å². The van der Waals surface area contributed by atoms with Crippen LogP contribution in [0.15, 0.2) is 39.8 Å². The molecule has 0 radical (unpaired) electrons. The van der Waals surface area contributed by atoms with Gasteiger partial charge in [-0.2, -0.15) is 10.1 Å². The van der Waals surface area contributed by atoms with E-state index in [9.17, 15) is 9.90 Å². The normalized spacial score (nSPS) is 12.3. The van der Waals surface area contributed by atoms with Gasteiger partial charge in [-0.15, -0.1) is 0 Å². The van der Waals surface area contributed by atoms with Crippen LogP contribution in [-0.2, 0) is 19.4 Å². The molecule has 0 saturated carbocycles. The summed E-state index contributed by atoms with van der Waals surface area (Å²) in [6.45, 7) is 1.67. The van der Waals surface area contributed by atoms with Crippen LogP contribution in [0.2, 0.25) is 5.02 Å². The second-order valence-electron chi connectivity index (χ2n) is 6.11. The Kier molecular flexibility index (Phi) is 6.00. The van der Waals surface area contributed by atoms with Gasteiger partial charge in [0.05, 0.1) is 12.3 Å². The van der Waals surface area contributed by atoms with Crippen LogP contribution in [0.4, 0.5) is 0 Å². The van der Waals surface area contributed by atoms with Gasteiger partial charge in [-0.25, -0.2) is 4.68 Å². The van der Waals surface area contributed by atoms with E-state index in [-0.39, 0.29) is 31.0 Å². The van der Waals surface area contributed by atoms with Gasteiger partial charge in [-0.3, -0.25) is 4.79 Å². The minimum atomic E-state index is -0.798. The Morgan fingerprint density at radius 3 is 2.74 bits per heavy atom. The summed E-state index contributed by atoms with van der Waals surface area (Å²) in [5.41, 5.74) is 1.65. The molecule has 2 aromatic heterocycles. The fraction of sp³-hybridized carbons (Fsp3) is 0.333. The first-order chi connectivity index (χ1) is 13.0. The molecule has 3 rings (SSSR count). The molecule has 0 saturated heterocycles. The van der Waals surface area contributed by atoms with Crippen LogP contribution in [-0.4, -0.2) is 36.7 Å². The van der Waals surface area contributed by atoms with Crippen molar-refractivity contribution in [2.75, 3.05) is 6.61 Å². The molecule has 0 unspecified atom stereocenters. The second-order valence-corrected chi connectivity index (χ2v) is 6.54. The zero-order valence-corrected chi connectivity index (χ0v) is 15.4. The molecule has 0 aliphatic rings. The predicted molar refractivity (Wildman–Crippen MR) is 97.5 cm³/mol. The van der Waals surface area contributed by atoms with Gasteiger partial charge in [-0.1, -0.05) is 28.9 Å². The van der Waals surface area contributed by atoms with Crippen LogP contribution in [0, 0.1) is 6.92 Å². The first-order valence-corrected chi connectivity index (χ1v) is 8.77. The van der Waals surface area contributed by atoms with Crippen molar-refractivity contribution in [3.63, 3.8) is 0 Å². The molecule has 27 heavy (non-hydrogen) atoms. The average Bonchev–Trinajstić information content (AvgIpc) is 3.09. The summed E-state index contributed by atoms with van der Waals surface area (Å²) in [5, 5.41) is 27.8. The largest absolute Gasteiger partial charge is 0.396 e. The quantitative estimate of drug-likeness (QED) is 0.627. The summed E-state index contributed by atoms with van der Waals surface area (Å²) in [4.78, 5) is 16.6. The van der Waals surface area contributed by atoms with E-state index in [1.807, 2.05) is 0 Å². The van der Waals surface area contributed by atoms with Gasteiger partial charge in [0.25, 0.3) is 5.56 Å². The van der Waals surface area contributed by atoms with E-state index >= 15 is 0 Å². The van der Waals surface area contributed by atoms with Crippen molar-refractivity contribution in [1.82, 2.24) is 19.9 Å². The molecule has 3 aromatic rings. The van der Waals surface area contributed by atoms with E-state index in [1.54, 1.807) is 37.4 Å². The Morgan fingerprint density at radius 1 is 1.30 bits per heavy atom. The average molecular weight is 391 g/mol. The number of aromatic nitrogens is 4. The summed E-state index contributed by atoms with van der Waals surface area (Å²) >= 11 is 5.84. The van der Waals surface area contributed by atoms with Crippen LogP contribution < -0.4 is 5.56 Å². The SMILES string of the molecule is Cc1c(CCO)cnn(Cc2nc(C[C@H](O)c3ccc(Cl)cc3)no2)c1=O. The molecule has 0 spiro atoms. The summed E-state index contributed by atoms with van der Waals surface area (Å²) in [7, 11) is 0. The minimum Gasteiger partial charge on any atom is -0.396 e. The minimum absolute atomic E-state index is 0.0309. The van der Waals surface area contributed by atoms with Crippen molar-refractivity contribution in [3.8, 4) is 0 Å². The van der Waals surface area contributed by atoms with E-state index in [0.717, 1.165) is 0 Å². The first-order valence-electron chi connectivity index (χ1n) is 8.39. The van der Waals surface area contributed by atoms with E-state index in [2.05, 4.69) is 15.2 Å². The summed E-state index contributed by atoms with van der Waals surface area (Å²) in [6, 6.07) is 6.85. The summed E-state index contributed by atoms with van der Waals surface area (Å²) in [5.74, 6) is 0.548. The lowest BCUT2D eigenvalue weighted by Gasteiger charge is -2.08. The van der Waals surface area contributed by atoms with Crippen LogP contribution in [0.3, 0.4) is 0 Å². The summed E-state index contributed by atoms with van der Waals surface area (Å²) < 4.78 is 6.39. The molecule has 1 aromatic carbocycles. The Morgan fingerprint density at radius 2 is 2.04 bits per heavy atom. The molecule has 0 fully saturated rings. The zero-order chi connectivity index (χ0) is 19.4. The standard InChI is InChI=1S/C18H19ClN4O4/c1-11-13(6-7-24)9-20-23(18(11)26)10-17-21-16(22-27-17)8-15(25)12-2-4-14(19)5-3-12/h2-5,9,15,24-25H,6-8,10H2,1H3/t15-/m0/s1. The van der Waals surface area contributed by atoms with Crippen LogP contribution in [0.1, 0.15) is 34.5 Å². The molecule has 9 heteroatoms. The Hall–Kier alpha value is -2.55. The first kappa shape index (κ1) is 19.2. The summed E-state index contributed by atoms with van der Waals surface area (Å²) in [6.07, 6.45) is 1.30. The third kappa shape index (κ3) is 4.60. The van der Waals surface area contributed by atoms with Gasteiger partial charge in [0.15, 0.2) is 5.82 Å². The van der Waals surface area contributed by atoms with Crippen molar-refractivity contribution < 1.29 is 14.7 Å². The maximum atomic E-state index is 12.3. The van der Waals surface area contributed by atoms with Crippen LogP contribution in [0.25, 0.3) is 0 Å². The topological polar surface area (TPSA) is 114 Å². The highest BCUT2D eigenvalue weighted by Crippen LogP contribution is 2.19. The third-order valence-electron chi connectivity index (χ3n) is 4.20. The highest BCUT2D eigenvalue weighted by atomic mass is 35.5. The van der Waals surface area contributed by atoms with Crippen LogP contribution >= 0.6 is 11.6 Å². The third-order valence-corrected chi connectivity index (χ3v) is 4.45. The molecule has 8 nitrogen and oxygen atoms in total. The van der Waals surface area contributed by atoms with Crippen molar-refractivity contribution in [2.24, 2.45) is 0 Å². The van der Waals surface area contributed by atoms with Gasteiger partial charge in [0.1, 0.15) is 6.54 Å². The van der Waals surface area contributed by atoms with Crippen LogP contribution in [0.5, 0.6) is 0 Å². The second kappa shape index (κ2) is 8.43. The number of hydrogen-bond acceptors (Lipinski definition) is 7. The monoisotopic (exact) mass is 390 g/mol. The smallest absolute Gasteiger partial charge is 0.270 e. The van der Waals surface area contributed by atoms with Gasteiger partial charge in [0.2, 0.25) is 5.89 Å². The lowest BCUT2D eigenvalue weighted by Crippen LogP contribution is -2.27. The zero-order valence-electron chi connectivity index (χ0n) is 14.7. The van der Waals surface area contributed by atoms with E-state index < -0.39 is 6.10 Å². The van der Waals surface area contributed by atoms with Crippen molar-refractivity contribution >= 4 is 11.6 Å². The maximum Gasteiger partial charge on any atom is 0.270 e. The molecule has 2 heterocycles. The van der Waals surface area contributed by atoms with Crippen molar-refractivity contribution in [3.05, 3.63) is 74.2 Å². The maximum absolute atomic E-state index is 12.3. The van der Waals surface area contributed by atoms with Gasteiger partial charge < -0.3 is 14.7 Å². The van der Waals surface area contributed by atoms with Gasteiger partial charge >= 0.3 is 0 Å². The van der Waals surface area contributed by atoms with Gasteiger partial charge in [-0.05, 0) is 36.6 Å². The lowest BCUT2D eigenvalue weighted by molar-refractivity contribution is 0.174. The van der Waals surface area contributed by atoms with Crippen molar-refractivity contribution in [2.45, 2.75) is 32.4 Å². The Bertz CT molecular complexity index is 968. The molecular weight excluding hydrogens is 372 g/mol. The lowest BCUT2D eigenvalue weighted by atomic mass is 10.1. The number of aliphatic hydroxyl groups is 2. The predicted octanol–water partition coefficient (Wildman–Crippen LogP) is 1.45. The molecule has 1 atom stereocenters. The van der Waals surface area contributed by atoms with Crippen molar-refractivity contribution in [1.29, 1.82) is 0 Å². The molecule has 0 aliphatic carbocycles. The van der Waals surface area contributed by atoms with Gasteiger partial charge in [0, 0.05) is 23.6 Å². The fourth-order valence-corrected chi connectivity index (χ4v) is 2.77. The number of halogens is 1. The molecule has 0 bridgehead atoms. The number of nitrogens with zero attached hydrogens (tertiary/aromatic N) is 4. The Balaban J connectivity index is 1.70. The molecular formula is C18H19ClN4O4. The highest BCUT2D eigenvalue weighted by molar-refractivity contribution is 6.30. The molecule has 2 N–H and O–H groups in total. The number of rotatable bonds is 7. The number of hydrogen-bond donors (Lipinski definition) is 2. The molecule has 0 aliphatic heterocycles. The fourth-order valence-electron chi connectivity index (χ4n) is 2.65. The number of aliphatic hydroxyl groups excluding tert-OH is 2. The highest BCUT2D eigenvalue weighted by Gasteiger charge is 2.15. The van der Waals surface area contributed by atoms with E-state index in [0.29, 0.717) is 34.0 Å².